The van der Waals surface area contributed by atoms with Gasteiger partial charge in [-0.2, -0.15) is 0 Å². The molecule has 1 fully saturated rings. The number of hydrogen-bond donors (Lipinski definition) is 1. The lowest BCUT2D eigenvalue weighted by atomic mass is 9.93. The molecular formula is C25H29N5O3. The molecule has 5 rings (SSSR count). The SMILES string of the molecule is Cc1cnc(N[C@H]2CC[C@@H](Oc3cc(C4=CCOCC4)cc4ncc(=O)n(C)c34)CC2)nc1. The minimum Gasteiger partial charge on any atom is -0.488 e. The maximum Gasteiger partial charge on any atom is 0.269 e. The monoisotopic (exact) mass is 447 g/mol. The maximum atomic E-state index is 12.3. The van der Waals surface area contributed by atoms with Gasteiger partial charge in [-0.25, -0.2) is 15.0 Å². The van der Waals surface area contributed by atoms with E-state index in [1.54, 1.807) is 11.6 Å². The van der Waals surface area contributed by atoms with Crippen molar-refractivity contribution in [2.45, 2.75) is 51.2 Å². The second kappa shape index (κ2) is 9.31. The smallest absolute Gasteiger partial charge is 0.269 e. The van der Waals surface area contributed by atoms with Gasteiger partial charge in [0.25, 0.3) is 5.56 Å². The van der Waals surface area contributed by atoms with E-state index >= 15 is 0 Å². The molecule has 1 saturated carbocycles. The number of rotatable bonds is 5. The standard InChI is InChI=1S/C25H29N5O3/c1-16-13-27-25(28-14-16)29-19-3-5-20(6-4-19)33-22-12-18(17-7-9-32-10-8-17)11-21-24(22)30(2)23(31)15-26-21/h7,11-15,19-20H,3-6,8-10H2,1-2H3,(H,27,28,29)/t19-,20+. The summed E-state index contributed by atoms with van der Waals surface area (Å²) in [6, 6.07) is 4.43. The van der Waals surface area contributed by atoms with Crippen LogP contribution in [0.4, 0.5) is 5.95 Å². The predicted molar refractivity (Wildman–Crippen MR) is 127 cm³/mol. The van der Waals surface area contributed by atoms with Crippen molar-refractivity contribution in [3.05, 3.63) is 58.3 Å². The zero-order valence-electron chi connectivity index (χ0n) is 19.1. The van der Waals surface area contributed by atoms with Gasteiger partial charge in [0.15, 0.2) is 0 Å². The van der Waals surface area contributed by atoms with Crippen molar-refractivity contribution in [1.29, 1.82) is 0 Å². The van der Waals surface area contributed by atoms with Gasteiger partial charge in [-0.3, -0.25) is 4.79 Å². The second-order valence-electron chi connectivity index (χ2n) is 8.87. The quantitative estimate of drug-likeness (QED) is 0.638. The fourth-order valence-electron chi connectivity index (χ4n) is 4.57. The molecule has 1 aliphatic heterocycles. The van der Waals surface area contributed by atoms with Crippen LogP contribution in [0.2, 0.25) is 0 Å². The van der Waals surface area contributed by atoms with Gasteiger partial charge in [-0.05, 0) is 67.9 Å². The maximum absolute atomic E-state index is 12.3. The molecule has 0 atom stereocenters. The molecule has 3 aromatic rings. The number of anilines is 1. The highest BCUT2D eigenvalue weighted by Gasteiger charge is 2.24. The summed E-state index contributed by atoms with van der Waals surface area (Å²) < 4.78 is 13.6. The first-order valence-electron chi connectivity index (χ1n) is 11.6. The van der Waals surface area contributed by atoms with Crippen molar-refractivity contribution >= 4 is 22.6 Å². The van der Waals surface area contributed by atoms with E-state index in [0.29, 0.717) is 25.2 Å². The molecule has 0 spiro atoms. The molecule has 1 N–H and O–H groups in total. The Bertz CT molecular complexity index is 1230. The number of nitrogens with zero attached hydrogens (tertiary/aromatic N) is 4. The molecule has 0 bridgehead atoms. The molecular weight excluding hydrogens is 418 g/mol. The van der Waals surface area contributed by atoms with Gasteiger partial charge in [0.05, 0.1) is 31.0 Å². The third kappa shape index (κ3) is 4.75. The zero-order chi connectivity index (χ0) is 22.8. The van der Waals surface area contributed by atoms with Gasteiger partial charge in [-0.15, -0.1) is 0 Å². The van der Waals surface area contributed by atoms with Crippen molar-refractivity contribution in [1.82, 2.24) is 19.5 Å². The van der Waals surface area contributed by atoms with Crippen LogP contribution in [0.15, 0.2) is 41.6 Å². The molecule has 0 amide bonds. The fraction of sp³-hybridized carbons (Fsp3) is 0.440. The van der Waals surface area contributed by atoms with Crippen molar-refractivity contribution in [2.75, 3.05) is 18.5 Å². The van der Waals surface area contributed by atoms with Gasteiger partial charge in [0.2, 0.25) is 5.95 Å². The summed E-state index contributed by atoms with van der Waals surface area (Å²) in [6.07, 6.45) is 11.9. The Hall–Kier alpha value is -3.26. The van der Waals surface area contributed by atoms with E-state index in [1.165, 1.54) is 11.8 Å². The summed E-state index contributed by atoms with van der Waals surface area (Å²) in [4.78, 5) is 25.4. The highest BCUT2D eigenvalue weighted by atomic mass is 16.5. The second-order valence-corrected chi connectivity index (χ2v) is 8.87. The first kappa shape index (κ1) is 21.6. The van der Waals surface area contributed by atoms with Crippen molar-refractivity contribution in [2.24, 2.45) is 7.05 Å². The molecule has 0 radical (unpaired) electrons. The van der Waals surface area contributed by atoms with Crippen molar-refractivity contribution < 1.29 is 9.47 Å². The summed E-state index contributed by atoms with van der Waals surface area (Å²) in [5, 5.41) is 3.44. The lowest BCUT2D eigenvalue weighted by molar-refractivity contribution is 0.151. The number of aryl methyl sites for hydroxylation is 2. The normalized spacial score (nSPS) is 21.0. The molecule has 172 valence electrons. The number of fused-ring (bicyclic) bond motifs is 1. The van der Waals surface area contributed by atoms with Crippen LogP contribution in [-0.4, -0.2) is 44.9 Å². The molecule has 0 unspecified atom stereocenters. The van der Waals surface area contributed by atoms with E-state index in [1.807, 2.05) is 25.4 Å². The average Bonchev–Trinajstić information content (AvgIpc) is 2.84. The van der Waals surface area contributed by atoms with E-state index in [2.05, 4.69) is 32.4 Å². The summed E-state index contributed by atoms with van der Waals surface area (Å²) in [7, 11) is 1.77. The van der Waals surface area contributed by atoms with E-state index in [9.17, 15) is 4.79 Å². The third-order valence-corrected chi connectivity index (χ3v) is 6.45. The number of aromatic nitrogens is 4. The summed E-state index contributed by atoms with van der Waals surface area (Å²) in [5.74, 6) is 1.40. The fourth-order valence-corrected chi connectivity index (χ4v) is 4.57. The Labute approximate surface area is 192 Å². The molecule has 2 aromatic heterocycles. The molecule has 3 heterocycles. The van der Waals surface area contributed by atoms with Gasteiger partial charge in [0.1, 0.15) is 11.3 Å². The van der Waals surface area contributed by atoms with Crippen LogP contribution in [0.25, 0.3) is 16.6 Å². The van der Waals surface area contributed by atoms with Gasteiger partial charge in [0, 0.05) is 25.5 Å². The van der Waals surface area contributed by atoms with Crippen LogP contribution in [0.1, 0.15) is 43.2 Å². The Kier molecular flexibility index (Phi) is 6.09. The van der Waals surface area contributed by atoms with E-state index in [4.69, 9.17) is 9.47 Å². The van der Waals surface area contributed by atoms with Gasteiger partial charge in [-0.1, -0.05) is 6.08 Å². The Morgan fingerprint density at radius 3 is 2.61 bits per heavy atom. The minimum atomic E-state index is -0.142. The zero-order valence-corrected chi connectivity index (χ0v) is 19.1. The first-order chi connectivity index (χ1) is 16.1. The molecule has 8 nitrogen and oxygen atoms in total. The third-order valence-electron chi connectivity index (χ3n) is 6.45. The number of nitrogens with one attached hydrogen (secondary N) is 1. The van der Waals surface area contributed by atoms with E-state index < -0.39 is 0 Å². The Balaban J connectivity index is 1.35. The first-order valence-corrected chi connectivity index (χ1v) is 11.6. The van der Waals surface area contributed by atoms with Crippen molar-refractivity contribution in [3.63, 3.8) is 0 Å². The highest BCUT2D eigenvalue weighted by Crippen LogP contribution is 2.33. The van der Waals surface area contributed by atoms with Crippen LogP contribution >= 0.6 is 0 Å². The lowest BCUT2D eigenvalue weighted by Crippen LogP contribution is -2.32. The predicted octanol–water partition coefficient (Wildman–Crippen LogP) is 3.64. The number of hydrogen-bond acceptors (Lipinski definition) is 7. The van der Waals surface area contributed by atoms with Crippen LogP contribution < -0.4 is 15.6 Å². The van der Waals surface area contributed by atoms with Gasteiger partial charge < -0.3 is 19.4 Å². The van der Waals surface area contributed by atoms with Crippen LogP contribution in [0.5, 0.6) is 5.75 Å². The Morgan fingerprint density at radius 1 is 1.09 bits per heavy atom. The largest absolute Gasteiger partial charge is 0.488 e. The molecule has 33 heavy (non-hydrogen) atoms. The molecule has 1 aromatic carbocycles. The molecule has 0 saturated heterocycles. The number of ether oxygens (including phenoxy) is 2. The van der Waals surface area contributed by atoms with Crippen molar-refractivity contribution in [3.8, 4) is 5.75 Å². The topological polar surface area (TPSA) is 91.2 Å². The highest BCUT2D eigenvalue weighted by molar-refractivity contribution is 5.86. The van der Waals surface area contributed by atoms with Crippen LogP contribution in [-0.2, 0) is 11.8 Å². The molecule has 8 heteroatoms. The van der Waals surface area contributed by atoms with E-state index in [-0.39, 0.29) is 11.7 Å². The van der Waals surface area contributed by atoms with Gasteiger partial charge >= 0.3 is 0 Å². The average molecular weight is 448 g/mol. The van der Waals surface area contributed by atoms with Crippen LogP contribution in [0, 0.1) is 6.92 Å². The van der Waals surface area contributed by atoms with Crippen LogP contribution in [0.3, 0.4) is 0 Å². The van der Waals surface area contributed by atoms with E-state index in [0.717, 1.165) is 60.0 Å². The molecule has 2 aliphatic rings. The molecule has 1 aliphatic carbocycles. The minimum absolute atomic E-state index is 0.0828. The summed E-state index contributed by atoms with van der Waals surface area (Å²) >= 11 is 0. The lowest BCUT2D eigenvalue weighted by Gasteiger charge is -2.30. The summed E-state index contributed by atoms with van der Waals surface area (Å²) in [5.41, 5.74) is 4.73. The number of benzene rings is 1. The summed E-state index contributed by atoms with van der Waals surface area (Å²) in [6.45, 7) is 3.31. The Morgan fingerprint density at radius 2 is 1.88 bits per heavy atom.